The second-order valence-electron chi connectivity index (χ2n) is 6.67. The molecule has 0 bridgehead atoms. The van der Waals surface area contributed by atoms with Gasteiger partial charge in [0.05, 0.1) is 0 Å². The summed E-state index contributed by atoms with van der Waals surface area (Å²) in [6, 6.07) is 1.45. The molecule has 120 valence electrons. The molecule has 0 amide bonds. The van der Waals surface area contributed by atoms with Crippen molar-refractivity contribution in [1.82, 2.24) is 14.7 Å². The molecule has 0 aromatic heterocycles. The van der Waals surface area contributed by atoms with Gasteiger partial charge in [0, 0.05) is 51.4 Å². The Morgan fingerprint density at radius 3 is 1.80 bits per heavy atom. The van der Waals surface area contributed by atoms with E-state index in [2.05, 4.69) is 42.4 Å². The lowest BCUT2D eigenvalue weighted by atomic mass is 10.1. The normalized spacial score (nSPS) is 26.1. The molecule has 0 aromatic carbocycles. The van der Waals surface area contributed by atoms with Gasteiger partial charge in [-0.25, -0.2) is 0 Å². The third kappa shape index (κ3) is 5.34. The molecule has 2 saturated heterocycles. The van der Waals surface area contributed by atoms with Crippen molar-refractivity contribution in [1.29, 1.82) is 0 Å². The highest BCUT2D eigenvalue weighted by atomic mass is 15.3. The fraction of sp³-hybridized carbons (Fsp3) is 1.00. The molecule has 2 fully saturated rings. The number of hydrogen-bond donors (Lipinski definition) is 0. The molecule has 3 heteroatoms. The van der Waals surface area contributed by atoms with E-state index in [-0.39, 0.29) is 0 Å². The summed E-state index contributed by atoms with van der Waals surface area (Å²) in [6.45, 7) is 22.3. The lowest BCUT2D eigenvalue weighted by Crippen LogP contribution is -2.50. The summed E-state index contributed by atoms with van der Waals surface area (Å²) in [7, 11) is 0. The Labute approximate surface area is 127 Å². The molecular weight excluding hydrogens is 246 g/mol. The zero-order valence-corrected chi connectivity index (χ0v) is 14.7. The smallest absolute Gasteiger partial charge is 0.0113 e. The van der Waals surface area contributed by atoms with E-state index >= 15 is 0 Å². The van der Waals surface area contributed by atoms with Gasteiger partial charge in [0.25, 0.3) is 0 Å². The van der Waals surface area contributed by atoms with E-state index in [9.17, 15) is 0 Å². The van der Waals surface area contributed by atoms with Crippen LogP contribution in [0.1, 0.15) is 48.0 Å². The Hall–Kier alpha value is -0.120. The number of likely N-dealkylation sites (tertiary alicyclic amines) is 1. The van der Waals surface area contributed by atoms with Crippen molar-refractivity contribution >= 4 is 0 Å². The Morgan fingerprint density at radius 1 is 0.800 bits per heavy atom. The molecule has 2 aliphatic heterocycles. The quantitative estimate of drug-likeness (QED) is 0.785. The number of hydrogen-bond acceptors (Lipinski definition) is 3. The van der Waals surface area contributed by atoms with Gasteiger partial charge in [0.15, 0.2) is 0 Å². The SMILES string of the molecule is CC.CC(C)N1CCN(CC2CCN(C(C)C)C2)CC1. The Kier molecular flexibility index (Phi) is 8.08. The van der Waals surface area contributed by atoms with Gasteiger partial charge in [0.2, 0.25) is 0 Å². The Balaban J connectivity index is 0.000000956. The topological polar surface area (TPSA) is 9.72 Å². The minimum Gasteiger partial charge on any atom is -0.301 e. The third-order valence-corrected chi connectivity index (χ3v) is 4.70. The van der Waals surface area contributed by atoms with Crippen molar-refractivity contribution in [3.63, 3.8) is 0 Å². The van der Waals surface area contributed by atoms with Gasteiger partial charge in [-0.05, 0) is 46.6 Å². The van der Waals surface area contributed by atoms with Crippen LogP contribution in [0.5, 0.6) is 0 Å². The predicted molar refractivity (Wildman–Crippen MR) is 89.3 cm³/mol. The molecule has 1 atom stereocenters. The van der Waals surface area contributed by atoms with Crippen LogP contribution in [0.3, 0.4) is 0 Å². The van der Waals surface area contributed by atoms with Crippen LogP contribution in [0, 0.1) is 5.92 Å². The zero-order chi connectivity index (χ0) is 15.1. The van der Waals surface area contributed by atoms with Crippen LogP contribution in [0.2, 0.25) is 0 Å². The van der Waals surface area contributed by atoms with Crippen LogP contribution in [0.25, 0.3) is 0 Å². The highest BCUT2D eigenvalue weighted by Crippen LogP contribution is 2.20. The molecule has 0 aromatic rings. The standard InChI is InChI=1S/C15H31N3.C2H6/c1-13(2)17-9-7-16(8-10-17)11-15-5-6-18(12-15)14(3)4;1-2/h13-15H,5-12H2,1-4H3;1-2H3. The first-order valence-electron chi connectivity index (χ1n) is 8.76. The van der Waals surface area contributed by atoms with Crippen LogP contribution >= 0.6 is 0 Å². The van der Waals surface area contributed by atoms with Gasteiger partial charge in [0.1, 0.15) is 0 Å². The molecule has 2 aliphatic rings. The highest BCUT2D eigenvalue weighted by molar-refractivity contribution is 4.82. The average molecular weight is 284 g/mol. The van der Waals surface area contributed by atoms with Crippen LogP contribution < -0.4 is 0 Å². The lowest BCUT2D eigenvalue weighted by molar-refractivity contribution is 0.0967. The van der Waals surface area contributed by atoms with Crippen LogP contribution in [-0.2, 0) is 0 Å². The van der Waals surface area contributed by atoms with Crippen molar-refractivity contribution in [2.24, 2.45) is 5.92 Å². The zero-order valence-electron chi connectivity index (χ0n) is 14.7. The van der Waals surface area contributed by atoms with Gasteiger partial charge in [-0.15, -0.1) is 0 Å². The summed E-state index contributed by atoms with van der Waals surface area (Å²) in [5.41, 5.74) is 0. The Bertz CT molecular complexity index is 245. The first-order valence-corrected chi connectivity index (χ1v) is 8.76. The molecule has 3 nitrogen and oxygen atoms in total. The van der Waals surface area contributed by atoms with E-state index in [0.29, 0.717) is 0 Å². The number of nitrogens with zero attached hydrogens (tertiary/aromatic N) is 3. The van der Waals surface area contributed by atoms with Gasteiger partial charge in [-0.3, -0.25) is 4.90 Å². The monoisotopic (exact) mass is 283 g/mol. The average Bonchev–Trinajstić information content (AvgIpc) is 2.90. The van der Waals surface area contributed by atoms with Gasteiger partial charge in [-0.2, -0.15) is 0 Å². The van der Waals surface area contributed by atoms with Crippen molar-refractivity contribution < 1.29 is 0 Å². The van der Waals surface area contributed by atoms with E-state index in [1.54, 1.807) is 0 Å². The summed E-state index contributed by atoms with van der Waals surface area (Å²) in [5, 5.41) is 0. The molecular formula is C17H37N3. The number of piperazine rings is 1. The second kappa shape index (κ2) is 9.01. The third-order valence-electron chi connectivity index (χ3n) is 4.70. The Morgan fingerprint density at radius 2 is 1.35 bits per heavy atom. The van der Waals surface area contributed by atoms with E-state index in [1.807, 2.05) is 13.8 Å². The van der Waals surface area contributed by atoms with E-state index in [0.717, 1.165) is 18.0 Å². The van der Waals surface area contributed by atoms with Crippen molar-refractivity contribution in [2.45, 2.75) is 60.0 Å². The first kappa shape index (κ1) is 17.9. The summed E-state index contributed by atoms with van der Waals surface area (Å²) in [4.78, 5) is 7.92. The highest BCUT2D eigenvalue weighted by Gasteiger charge is 2.27. The molecule has 0 spiro atoms. The molecule has 2 heterocycles. The van der Waals surface area contributed by atoms with Gasteiger partial charge < -0.3 is 9.80 Å². The van der Waals surface area contributed by atoms with Crippen molar-refractivity contribution in [2.75, 3.05) is 45.8 Å². The fourth-order valence-electron chi connectivity index (χ4n) is 3.31. The van der Waals surface area contributed by atoms with E-state index in [4.69, 9.17) is 0 Å². The van der Waals surface area contributed by atoms with Crippen molar-refractivity contribution in [3.05, 3.63) is 0 Å². The maximum atomic E-state index is 2.69. The van der Waals surface area contributed by atoms with Gasteiger partial charge in [-0.1, -0.05) is 13.8 Å². The van der Waals surface area contributed by atoms with Crippen LogP contribution in [0.4, 0.5) is 0 Å². The van der Waals surface area contributed by atoms with Crippen LogP contribution in [-0.4, -0.2) is 72.6 Å². The molecule has 0 saturated carbocycles. The van der Waals surface area contributed by atoms with E-state index in [1.165, 1.54) is 52.2 Å². The summed E-state index contributed by atoms with van der Waals surface area (Å²) < 4.78 is 0. The maximum Gasteiger partial charge on any atom is 0.0113 e. The molecule has 1 unspecified atom stereocenters. The molecule has 0 N–H and O–H groups in total. The van der Waals surface area contributed by atoms with E-state index < -0.39 is 0 Å². The molecule has 2 rings (SSSR count). The maximum absolute atomic E-state index is 2.69. The van der Waals surface area contributed by atoms with Gasteiger partial charge >= 0.3 is 0 Å². The number of rotatable bonds is 4. The summed E-state index contributed by atoms with van der Waals surface area (Å²) >= 11 is 0. The largest absolute Gasteiger partial charge is 0.301 e. The predicted octanol–water partition coefficient (Wildman–Crippen LogP) is 2.77. The second-order valence-corrected chi connectivity index (χ2v) is 6.67. The lowest BCUT2D eigenvalue weighted by Gasteiger charge is -2.38. The summed E-state index contributed by atoms with van der Waals surface area (Å²) in [6.07, 6.45) is 1.41. The summed E-state index contributed by atoms with van der Waals surface area (Å²) in [5.74, 6) is 0.915. The molecule has 0 aliphatic carbocycles. The van der Waals surface area contributed by atoms with Crippen LogP contribution in [0.15, 0.2) is 0 Å². The fourth-order valence-corrected chi connectivity index (χ4v) is 3.31. The minimum atomic E-state index is 0.718. The first-order chi connectivity index (χ1) is 9.56. The minimum absolute atomic E-state index is 0.718. The molecule has 20 heavy (non-hydrogen) atoms. The van der Waals surface area contributed by atoms with Crippen molar-refractivity contribution in [3.8, 4) is 0 Å². The molecule has 0 radical (unpaired) electrons.